The van der Waals surface area contributed by atoms with Crippen molar-refractivity contribution in [3.05, 3.63) is 84.8 Å². The zero-order chi connectivity index (χ0) is 17.4. The van der Waals surface area contributed by atoms with Gasteiger partial charge in [0.05, 0.1) is 23.0 Å². The van der Waals surface area contributed by atoms with Gasteiger partial charge in [-0.25, -0.2) is 0 Å². The Hall–Kier alpha value is -3.08. The van der Waals surface area contributed by atoms with E-state index in [2.05, 4.69) is 4.98 Å². The third-order valence-corrected chi connectivity index (χ3v) is 4.16. The molecule has 0 saturated carbocycles. The highest BCUT2D eigenvalue weighted by Crippen LogP contribution is 2.35. The van der Waals surface area contributed by atoms with E-state index in [0.29, 0.717) is 5.56 Å². The second-order valence-corrected chi connectivity index (χ2v) is 5.71. The Morgan fingerprint density at radius 2 is 1.72 bits per heavy atom. The first-order chi connectivity index (χ1) is 12.0. The highest BCUT2D eigenvalue weighted by Gasteiger charge is 2.30. The molecule has 0 saturated heterocycles. The Bertz CT molecular complexity index is 1030. The largest absolute Gasteiger partial charge is 0.416 e. The van der Waals surface area contributed by atoms with Crippen LogP contribution in [0.25, 0.3) is 27.7 Å². The molecule has 5 heteroatoms. The normalized spacial score (nSPS) is 11.8. The molecule has 2 aromatic carbocycles. The molecule has 0 atom stereocenters. The summed E-state index contributed by atoms with van der Waals surface area (Å²) in [7, 11) is 0. The van der Waals surface area contributed by atoms with Gasteiger partial charge in [-0.15, -0.1) is 0 Å². The van der Waals surface area contributed by atoms with E-state index in [0.717, 1.165) is 28.2 Å². The number of hydrogen-bond donors (Lipinski definition) is 0. The molecule has 124 valence electrons. The number of benzene rings is 2. The molecule has 4 aromatic rings. The third-order valence-electron chi connectivity index (χ3n) is 4.16. The van der Waals surface area contributed by atoms with Crippen LogP contribution in [0.4, 0.5) is 13.2 Å². The molecule has 25 heavy (non-hydrogen) atoms. The maximum absolute atomic E-state index is 13.0. The average molecular weight is 338 g/mol. The van der Waals surface area contributed by atoms with Crippen LogP contribution in [-0.2, 0) is 6.18 Å². The third kappa shape index (κ3) is 2.78. The Labute approximate surface area is 142 Å². The highest BCUT2D eigenvalue weighted by molar-refractivity contribution is 5.96. The quantitative estimate of drug-likeness (QED) is 0.458. The lowest BCUT2D eigenvalue weighted by atomic mass is 9.99. The van der Waals surface area contributed by atoms with Crippen molar-refractivity contribution in [2.75, 3.05) is 0 Å². The van der Waals surface area contributed by atoms with Crippen molar-refractivity contribution in [1.82, 2.24) is 9.55 Å². The predicted molar refractivity (Wildman–Crippen MR) is 91.5 cm³/mol. The number of pyridine rings is 1. The minimum absolute atomic E-state index is 0.546. The molecule has 0 aliphatic carbocycles. The van der Waals surface area contributed by atoms with Gasteiger partial charge in [0.2, 0.25) is 0 Å². The van der Waals surface area contributed by atoms with Crippen molar-refractivity contribution in [3.63, 3.8) is 0 Å². The van der Waals surface area contributed by atoms with Crippen LogP contribution in [0.5, 0.6) is 0 Å². The van der Waals surface area contributed by atoms with Gasteiger partial charge >= 0.3 is 6.18 Å². The molecule has 0 radical (unpaired) electrons. The molecule has 0 aliphatic rings. The van der Waals surface area contributed by atoms with Gasteiger partial charge in [-0.2, -0.15) is 13.2 Å². The average Bonchev–Trinajstić information content (AvgIpc) is 3.06. The SMILES string of the molecule is FC(F)(F)c1cccc(-c2cccc3c2ccn3-c2cccnc2)c1. The lowest BCUT2D eigenvalue weighted by Crippen LogP contribution is -2.04. The fraction of sp³-hybridized carbons (Fsp3) is 0.0500. The van der Waals surface area contributed by atoms with E-state index in [9.17, 15) is 13.2 Å². The van der Waals surface area contributed by atoms with E-state index in [1.54, 1.807) is 18.5 Å². The Morgan fingerprint density at radius 3 is 2.48 bits per heavy atom. The van der Waals surface area contributed by atoms with Gasteiger partial charge in [0.15, 0.2) is 0 Å². The molecule has 0 N–H and O–H groups in total. The van der Waals surface area contributed by atoms with Crippen LogP contribution in [0.3, 0.4) is 0 Å². The molecular formula is C20H13F3N2. The van der Waals surface area contributed by atoms with Crippen molar-refractivity contribution < 1.29 is 13.2 Å². The van der Waals surface area contributed by atoms with Crippen molar-refractivity contribution >= 4 is 10.9 Å². The van der Waals surface area contributed by atoms with Crippen molar-refractivity contribution in [2.45, 2.75) is 6.18 Å². The first-order valence-corrected chi connectivity index (χ1v) is 7.72. The van der Waals surface area contributed by atoms with Gasteiger partial charge in [0, 0.05) is 17.8 Å². The van der Waals surface area contributed by atoms with Crippen LogP contribution < -0.4 is 0 Å². The van der Waals surface area contributed by atoms with Crippen LogP contribution in [-0.4, -0.2) is 9.55 Å². The monoisotopic (exact) mass is 338 g/mol. The maximum Gasteiger partial charge on any atom is 0.416 e. The summed E-state index contributed by atoms with van der Waals surface area (Å²) < 4.78 is 41.0. The van der Waals surface area contributed by atoms with E-state index < -0.39 is 11.7 Å². The topological polar surface area (TPSA) is 17.8 Å². The first kappa shape index (κ1) is 15.4. The first-order valence-electron chi connectivity index (χ1n) is 7.72. The second-order valence-electron chi connectivity index (χ2n) is 5.71. The molecule has 0 amide bonds. The summed E-state index contributed by atoms with van der Waals surface area (Å²) >= 11 is 0. The van der Waals surface area contributed by atoms with E-state index in [1.165, 1.54) is 12.1 Å². The van der Waals surface area contributed by atoms with Crippen molar-refractivity contribution in [1.29, 1.82) is 0 Å². The van der Waals surface area contributed by atoms with Gasteiger partial charge in [-0.1, -0.05) is 24.3 Å². The summed E-state index contributed by atoms with van der Waals surface area (Å²) in [4.78, 5) is 4.12. The number of nitrogens with zero attached hydrogens (tertiary/aromatic N) is 2. The lowest BCUT2D eigenvalue weighted by molar-refractivity contribution is -0.137. The number of halogens is 3. The summed E-state index contributed by atoms with van der Waals surface area (Å²) in [5.74, 6) is 0. The van der Waals surface area contributed by atoms with Gasteiger partial charge in [0.1, 0.15) is 0 Å². The maximum atomic E-state index is 13.0. The van der Waals surface area contributed by atoms with Crippen LogP contribution in [0, 0.1) is 0 Å². The summed E-state index contributed by atoms with van der Waals surface area (Å²) in [5, 5.41) is 0.894. The Kier molecular flexibility index (Phi) is 3.57. The van der Waals surface area contributed by atoms with Gasteiger partial charge in [-0.3, -0.25) is 4.98 Å². The molecule has 0 spiro atoms. The van der Waals surface area contributed by atoms with Gasteiger partial charge in [-0.05, 0) is 47.5 Å². The fourth-order valence-electron chi connectivity index (χ4n) is 3.00. The number of fused-ring (bicyclic) bond motifs is 1. The fourth-order valence-corrected chi connectivity index (χ4v) is 3.00. The van der Waals surface area contributed by atoms with E-state index >= 15 is 0 Å². The molecule has 0 aliphatic heterocycles. The lowest BCUT2D eigenvalue weighted by Gasteiger charge is -2.10. The van der Waals surface area contributed by atoms with Crippen LogP contribution >= 0.6 is 0 Å². The van der Waals surface area contributed by atoms with E-state index in [4.69, 9.17) is 0 Å². The molecule has 2 heterocycles. The van der Waals surface area contributed by atoms with E-state index in [-0.39, 0.29) is 0 Å². The molecular weight excluding hydrogens is 325 g/mol. The molecule has 0 fully saturated rings. The zero-order valence-electron chi connectivity index (χ0n) is 13.0. The summed E-state index contributed by atoms with van der Waals surface area (Å²) in [6.45, 7) is 0. The van der Waals surface area contributed by atoms with Crippen molar-refractivity contribution in [3.8, 4) is 16.8 Å². The number of rotatable bonds is 2. The minimum Gasteiger partial charge on any atom is -0.315 e. The molecule has 4 rings (SSSR count). The number of alkyl halides is 3. The van der Waals surface area contributed by atoms with Crippen LogP contribution in [0.1, 0.15) is 5.56 Å². The van der Waals surface area contributed by atoms with Gasteiger partial charge < -0.3 is 4.57 Å². The van der Waals surface area contributed by atoms with Crippen LogP contribution in [0.15, 0.2) is 79.3 Å². The van der Waals surface area contributed by atoms with Gasteiger partial charge in [0.25, 0.3) is 0 Å². The summed E-state index contributed by atoms with van der Waals surface area (Å²) in [5.41, 5.74) is 2.49. The molecule has 0 bridgehead atoms. The Morgan fingerprint density at radius 1 is 0.880 bits per heavy atom. The standard InChI is InChI=1S/C20H13F3N2/c21-20(22,23)15-5-1-4-14(12-15)17-7-2-8-19-18(17)9-11-25(19)16-6-3-10-24-13-16/h1-13H. The predicted octanol–water partition coefficient (Wildman–Crippen LogP) is 5.71. The molecule has 2 aromatic heterocycles. The van der Waals surface area contributed by atoms with Crippen molar-refractivity contribution in [2.24, 2.45) is 0 Å². The highest BCUT2D eigenvalue weighted by atomic mass is 19.4. The zero-order valence-corrected chi connectivity index (χ0v) is 13.0. The second kappa shape index (κ2) is 5.77. The molecule has 2 nitrogen and oxygen atoms in total. The minimum atomic E-state index is -4.36. The van der Waals surface area contributed by atoms with Crippen LogP contribution in [0.2, 0.25) is 0 Å². The summed E-state index contributed by atoms with van der Waals surface area (Å²) in [6, 6.07) is 16.7. The smallest absolute Gasteiger partial charge is 0.315 e. The Balaban J connectivity index is 1.89. The number of aromatic nitrogens is 2. The number of hydrogen-bond acceptors (Lipinski definition) is 1. The molecule has 0 unspecified atom stereocenters. The van der Waals surface area contributed by atoms with E-state index in [1.807, 2.05) is 47.2 Å². The summed E-state index contributed by atoms with van der Waals surface area (Å²) in [6.07, 6.45) is 0.990.